The first-order valence-corrected chi connectivity index (χ1v) is 7.75. The Bertz CT molecular complexity index is 789. The van der Waals surface area contributed by atoms with Crippen molar-refractivity contribution < 1.29 is 27.4 Å². The number of carbonyl (C=O) groups is 1. The number of nitrogens with one attached hydrogen (secondary N) is 1. The van der Waals surface area contributed by atoms with Crippen LogP contribution in [0.2, 0.25) is 5.02 Å². The maximum absolute atomic E-state index is 12.8. The summed E-state index contributed by atoms with van der Waals surface area (Å²) >= 11 is 5.54. The standard InChI is InChI=1S/C18H15ClF3NO3/c1-25-11-26-14-6-2-12(3-7-14)4-9-17(24)23-13-5-8-16(19)15(10-13)18(20,21)22/h2-10H,11H2,1H3,(H,23,24)/b9-4+. The van der Waals surface area contributed by atoms with Crippen molar-refractivity contribution in [2.75, 3.05) is 19.2 Å². The molecule has 1 N–H and O–H groups in total. The van der Waals surface area contributed by atoms with Crippen molar-refractivity contribution in [3.05, 3.63) is 64.7 Å². The van der Waals surface area contributed by atoms with E-state index in [1.165, 1.54) is 25.3 Å². The lowest BCUT2D eigenvalue weighted by Gasteiger charge is -2.11. The topological polar surface area (TPSA) is 47.6 Å². The highest BCUT2D eigenvalue weighted by Crippen LogP contribution is 2.36. The highest BCUT2D eigenvalue weighted by atomic mass is 35.5. The number of anilines is 1. The van der Waals surface area contributed by atoms with Gasteiger partial charge in [0.1, 0.15) is 5.75 Å². The summed E-state index contributed by atoms with van der Waals surface area (Å²) in [5.41, 5.74) is -0.288. The van der Waals surface area contributed by atoms with E-state index >= 15 is 0 Å². The minimum absolute atomic E-state index is 0.000288. The average molecular weight is 386 g/mol. The van der Waals surface area contributed by atoms with Gasteiger partial charge in [0.05, 0.1) is 10.6 Å². The molecule has 0 fully saturated rings. The Labute approximate surface area is 153 Å². The zero-order chi connectivity index (χ0) is 19.2. The van der Waals surface area contributed by atoms with Crippen LogP contribution in [0, 0.1) is 0 Å². The minimum atomic E-state index is -4.60. The second-order valence-electron chi connectivity index (χ2n) is 5.13. The van der Waals surface area contributed by atoms with E-state index in [1.807, 2.05) is 0 Å². The predicted molar refractivity (Wildman–Crippen MR) is 93.1 cm³/mol. The van der Waals surface area contributed by atoms with Crippen molar-refractivity contribution in [1.29, 1.82) is 0 Å². The van der Waals surface area contributed by atoms with Crippen LogP contribution in [0.5, 0.6) is 5.75 Å². The van der Waals surface area contributed by atoms with E-state index in [0.717, 1.165) is 17.7 Å². The van der Waals surface area contributed by atoms with Gasteiger partial charge in [-0.1, -0.05) is 23.7 Å². The highest BCUT2D eigenvalue weighted by Gasteiger charge is 2.33. The molecule has 0 aromatic heterocycles. The van der Waals surface area contributed by atoms with E-state index in [4.69, 9.17) is 21.1 Å². The molecule has 2 aromatic rings. The molecule has 0 heterocycles. The molecule has 0 atom stereocenters. The Balaban J connectivity index is 2.01. The number of halogens is 4. The number of carbonyl (C=O) groups excluding carboxylic acids is 1. The molecule has 0 unspecified atom stereocenters. The van der Waals surface area contributed by atoms with E-state index in [9.17, 15) is 18.0 Å². The molecule has 26 heavy (non-hydrogen) atoms. The molecule has 2 aromatic carbocycles. The maximum Gasteiger partial charge on any atom is 0.417 e. The van der Waals surface area contributed by atoms with Crippen molar-refractivity contribution in [2.45, 2.75) is 6.18 Å². The van der Waals surface area contributed by atoms with Crippen LogP contribution in [0.4, 0.5) is 18.9 Å². The minimum Gasteiger partial charge on any atom is -0.468 e. The number of benzene rings is 2. The molecule has 0 aliphatic heterocycles. The lowest BCUT2D eigenvalue weighted by Crippen LogP contribution is -2.11. The third-order valence-electron chi connectivity index (χ3n) is 3.19. The summed E-state index contributed by atoms with van der Waals surface area (Å²) in [5.74, 6) is 0.0365. The van der Waals surface area contributed by atoms with Gasteiger partial charge in [-0.05, 0) is 42.0 Å². The molecular formula is C18H15ClF3NO3. The van der Waals surface area contributed by atoms with Gasteiger partial charge < -0.3 is 14.8 Å². The molecule has 2 rings (SSSR count). The third kappa shape index (κ3) is 5.79. The fourth-order valence-corrected chi connectivity index (χ4v) is 2.20. The van der Waals surface area contributed by atoms with E-state index < -0.39 is 22.7 Å². The second-order valence-corrected chi connectivity index (χ2v) is 5.54. The summed E-state index contributed by atoms with van der Waals surface area (Å²) in [7, 11) is 1.51. The SMILES string of the molecule is COCOc1ccc(/C=C/C(=O)Nc2ccc(Cl)c(C(F)(F)F)c2)cc1. The van der Waals surface area contributed by atoms with Crippen molar-refractivity contribution in [3.8, 4) is 5.75 Å². The summed E-state index contributed by atoms with van der Waals surface area (Å²) in [6.07, 6.45) is -1.86. The van der Waals surface area contributed by atoms with Crippen molar-refractivity contribution in [1.82, 2.24) is 0 Å². The van der Waals surface area contributed by atoms with Crippen molar-refractivity contribution >= 4 is 29.3 Å². The number of hydrogen-bond acceptors (Lipinski definition) is 3. The quantitative estimate of drug-likeness (QED) is 0.562. The summed E-state index contributed by atoms with van der Waals surface area (Å²) in [5, 5.41) is 1.94. The first-order valence-electron chi connectivity index (χ1n) is 7.37. The lowest BCUT2D eigenvalue weighted by atomic mass is 10.2. The molecule has 0 bridgehead atoms. The predicted octanol–water partition coefficient (Wildman–Crippen LogP) is 4.99. The summed E-state index contributed by atoms with van der Waals surface area (Å²) < 4.78 is 48.5. The smallest absolute Gasteiger partial charge is 0.417 e. The molecule has 0 radical (unpaired) electrons. The number of amides is 1. The van der Waals surface area contributed by atoms with E-state index in [-0.39, 0.29) is 12.5 Å². The fraction of sp³-hybridized carbons (Fsp3) is 0.167. The van der Waals surface area contributed by atoms with Gasteiger partial charge in [-0.15, -0.1) is 0 Å². The van der Waals surface area contributed by atoms with Crippen molar-refractivity contribution in [3.63, 3.8) is 0 Å². The molecular weight excluding hydrogens is 371 g/mol. The van der Waals surface area contributed by atoms with Crippen LogP contribution in [0.1, 0.15) is 11.1 Å². The molecule has 0 spiro atoms. The Morgan fingerprint density at radius 1 is 1.19 bits per heavy atom. The van der Waals surface area contributed by atoms with Crippen LogP contribution in [0.25, 0.3) is 6.08 Å². The monoisotopic (exact) mass is 385 g/mol. The average Bonchev–Trinajstić information content (AvgIpc) is 2.60. The highest BCUT2D eigenvalue weighted by molar-refractivity contribution is 6.31. The lowest BCUT2D eigenvalue weighted by molar-refractivity contribution is -0.137. The Morgan fingerprint density at radius 3 is 2.50 bits per heavy atom. The summed E-state index contributed by atoms with van der Waals surface area (Å²) in [6, 6.07) is 10.0. The van der Waals surface area contributed by atoms with Gasteiger partial charge in [0.15, 0.2) is 6.79 Å². The molecule has 138 valence electrons. The van der Waals surface area contributed by atoms with Gasteiger partial charge in [0, 0.05) is 18.9 Å². The van der Waals surface area contributed by atoms with E-state index in [0.29, 0.717) is 5.75 Å². The normalized spacial score (nSPS) is 11.6. The number of alkyl halides is 3. The molecule has 0 aliphatic carbocycles. The Kier molecular flexibility index (Phi) is 6.65. The van der Waals surface area contributed by atoms with Gasteiger partial charge in [-0.2, -0.15) is 13.2 Å². The van der Waals surface area contributed by atoms with Crippen LogP contribution in [0.3, 0.4) is 0 Å². The van der Waals surface area contributed by atoms with Crippen LogP contribution in [0.15, 0.2) is 48.5 Å². The largest absolute Gasteiger partial charge is 0.468 e. The number of rotatable bonds is 6. The van der Waals surface area contributed by atoms with Crippen LogP contribution < -0.4 is 10.1 Å². The van der Waals surface area contributed by atoms with Crippen molar-refractivity contribution in [2.24, 2.45) is 0 Å². The van der Waals surface area contributed by atoms with Gasteiger partial charge in [0.25, 0.3) is 0 Å². The molecule has 0 aliphatic rings. The number of hydrogen-bond donors (Lipinski definition) is 1. The van der Waals surface area contributed by atoms with Crippen LogP contribution in [-0.4, -0.2) is 19.8 Å². The molecule has 0 saturated carbocycles. The van der Waals surface area contributed by atoms with Crippen LogP contribution >= 0.6 is 11.6 Å². The third-order valence-corrected chi connectivity index (χ3v) is 3.52. The first-order chi connectivity index (χ1) is 12.3. The molecule has 1 amide bonds. The molecule has 8 heteroatoms. The fourth-order valence-electron chi connectivity index (χ4n) is 1.98. The second kappa shape index (κ2) is 8.73. The summed E-state index contributed by atoms with van der Waals surface area (Å²) in [6.45, 7) is 0.124. The van der Waals surface area contributed by atoms with Gasteiger partial charge in [-0.25, -0.2) is 0 Å². The van der Waals surface area contributed by atoms with Crippen LogP contribution in [-0.2, 0) is 15.7 Å². The van der Waals surface area contributed by atoms with Gasteiger partial charge in [0.2, 0.25) is 5.91 Å². The summed E-state index contributed by atoms with van der Waals surface area (Å²) in [4.78, 5) is 11.9. The first kappa shape index (κ1) is 19.8. The Hall–Kier alpha value is -2.51. The van der Waals surface area contributed by atoms with E-state index in [1.54, 1.807) is 24.3 Å². The number of ether oxygens (including phenoxy) is 2. The number of methoxy groups -OCH3 is 1. The zero-order valence-electron chi connectivity index (χ0n) is 13.6. The maximum atomic E-state index is 12.8. The molecule has 0 saturated heterocycles. The molecule has 4 nitrogen and oxygen atoms in total. The van der Waals surface area contributed by atoms with Gasteiger partial charge in [-0.3, -0.25) is 4.79 Å². The zero-order valence-corrected chi connectivity index (χ0v) is 14.4. The Morgan fingerprint density at radius 2 is 1.88 bits per heavy atom. The van der Waals surface area contributed by atoms with E-state index in [2.05, 4.69) is 5.32 Å². The van der Waals surface area contributed by atoms with Gasteiger partial charge >= 0.3 is 6.18 Å².